The zero-order valence-electron chi connectivity index (χ0n) is 30.4. The molecule has 3 heterocycles. The smallest absolute Gasteiger partial charge is 0.200 e. The average Bonchev–Trinajstić information content (AvgIpc) is 3.84. The SMILES string of the molecule is Fc1c(F)c(F)c(-c2ccc(-c3nc(-c4ccccc4)nc(-c4ccc5oc6ccc(-c7ccc8cc9oc%10ccccc%10c9cc8c7)cc6c5c4)n3)cc2)c(F)c1F. The Kier molecular flexibility index (Phi) is 7.71. The summed E-state index contributed by atoms with van der Waals surface area (Å²) in [6, 6.07) is 45.2. The number of rotatable bonds is 5. The van der Waals surface area contributed by atoms with Crippen molar-refractivity contribution in [3.05, 3.63) is 175 Å². The van der Waals surface area contributed by atoms with Gasteiger partial charge in [0.1, 0.15) is 22.3 Å². The highest BCUT2D eigenvalue weighted by molar-refractivity contribution is 6.11. The number of benzene rings is 8. The van der Waals surface area contributed by atoms with E-state index >= 15 is 0 Å². The molecule has 11 rings (SSSR count). The molecule has 5 nitrogen and oxygen atoms in total. The molecule has 0 atom stereocenters. The van der Waals surface area contributed by atoms with E-state index in [0.29, 0.717) is 39.5 Å². The molecule has 0 radical (unpaired) electrons. The predicted octanol–water partition coefficient (Wildman–Crippen LogP) is 13.9. The molecule has 0 saturated carbocycles. The summed E-state index contributed by atoms with van der Waals surface area (Å²) in [6.45, 7) is 0. The van der Waals surface area contributed by atoms with Crippen LogP contribution in [0.25, 0.3) is 111 Å². The lowest BCUT2D eigenvalue weighted by Crippen LogP contribution is -2.04. The Morgan fingerprint density at radius 1 is 0.305 bits per heavy atom. The van der Waals surface area contributed by atoms with Gasteiger partial charge in [0.05, 0.1) is 5.56 Å². The van der Waals surface area contributed by atoms with E-state index in [1.165, 1.54) is 24.3 Å². The van der Waals surface area contributed by atoms with Gasteiger partial charge >= 0.3 is 0 Å². The number of halogens is 5. The number of aromatic nitrogens is 3. The first-order valence-electron chi connectivity index (χ1n) is 18.5. The third-order valence-corrected chi connectivity index (χ3v) is 10.7. The minimum Gasteiger partial charge on any atom is -0.456 e. The maximum Gasteiger partial charge on any atom is 0.200 e. The highest BCUT2D eigenvalue weighted by Gasteiger charge is 2.27. The standard InChI is InChI=1S/C49H24F5N3O2/c50-42-41(43(51)45(53)46(54)44(42)52)25-10-12-27(13-11-25)48-55-47(26-6-2-1-3-7-26)56-49(57-48)31-17-19-39-36(22-31)35-21-29(16-18-38(35)58-39)28-14-15-30-24-40-34(23-32(30)20-28)33-8-4-5-9-37(33)59-40/h1-24H. The molecule has 0 saturated heterocycles. The van der Waals surface area contributed by atoms with Gasteiger partial charge in [0.2, 0.25) is 5.82 Å². The topological polar surface area (TPSA) is 65.0 Å². The van der Waals surface area contributed by atoms with Crippen molar-refractivity contribution in [1.29, 1.82) is 0 Å². The number of hydrogen-bond donors (Lipinski definition) is 0. The summed E-state index contributed by atoms with van der Waals surface area (Å²) < 4.78 is 83.5. The van der Waals surface area contributed by atoms with Crippen LogP contribution in [-0.4, -0.2) is 15.0 Å². The van der Waals surface area contributed by atoms with Gasteiger partial charge in [0, 0.05) is 38.2 Å². The molecule has 0 aliphatic heterocycles. The molecule has 0 bridgehead atoms. The van der Waals surface area contributed by atoms with Gasteiger partial charge in [-0.25, -0.2) is 36.9 Å². The fraction of sp³-hybridized carbons (Fsp3) is 0. The molecule has 59 heavy (non-hydrogen) atoms. The number of para-hydroxylation sites is 1. The summed E-state index contributed by atoms with van der Waals surface area (Å²) in [5.41, 5.74) is 5.72. The minimum atomic E-state index is -2.22. The Morgan fingerprint density at radius 2 is 0.780 bits per heavy atom. The first-order chi connectivity index (χ1) is 28.8. The van der Waals surface area contributed by atoms with Crippen LogP contribution >= 0.6 is 0 Å². The van der Waals surface area contributed by atoms with E-state index in [0.717, 1.165) is 54.6 Å². The maximum atomic E-state index is 14.7. The van der Waals surface area contributed by atoms with Crippen molar-refractivity contribution in [2.45, 2.75) is 0 Å². The van der Waals surface area contributed by atoms with Crippen LogP contribution in [0.5, 0.6) is 0 Å². The Morgan fingerprint density at radius 3 is 1.49 bits per heavy atom. The fourth-order valence-electron chi connectivity index (χ4n) is 7.74. The normalized spacial score (nSPS) is 11.8. The Bertz CT molecular complexity index is 3480. The Hall–Kier alpha value is -7.72. The van der Waals surface area contributed by atoms with Crippen LogP contribution in [-0.2, 0) is 0 Å². The molecular weight excluding hydrogens is 758 g/mol. The minimum absolute atomic E-state index is 0.205. The van der Waals surface area contributed by atoms with Gasteiger partial charge in [0.15, 0.2) is 40.7 Å². The largest absolute Gasteiger partial charge is 0.456 e. The van der Waals surface area contributed by atoms with Gasteiger partial charge < -0.3 is 8.83 Å². The second-order valence-electron chi connectivity index (χ2n) is 14.2. The van der Waals surface area contributed by atoms with Crippen LogP contribution in [0.3, 0.4) is 0 Å². The van der Waals surface area contributed by atoms with Crippen LogP contribution in [0.1, 0.15) is 0 Å². The second kappa shape index (κ2) is 13.2. The zero-order valence-corrected chi connectivity index (χ0v) is 30.4. The number of hydrogen-bond acceptors (Lipinski definition) is 5. The molecule has 282 valence electrons. The Labute approximate surface area is 330 Å². The summed E-state index contributed by atoms with van der Waals surface area (Å²) in [4.78, 5) is 14.4. The molecule has 8 aromatic carbocycles. The highest BCUT2D eigenvalue weighted by atomic mass is 19.2. The molecule has 0 fully saturated rings. The van der Waals surface area contributed by atoms with Gasteiger partial charge in [0.25, 0.3) is 0 Å². The van der Waals surface area contributed by atoms with Gasteiger partial charge in [-0.15, -0.1) is 0 Å². The second-order valence-corrected chi connectivity index (χ2v) is 14.2. The van der Waals surface area contributed by atoms with Crippen LogP contribution < -0.4 is 0 Å². The molecule has 10 heteroatoms. The third-order valence-electron chi connectivity index (χ3n) is 10.7. The average molecular weight is 782 g/mol. The van der Waals surface area contributed by atoms with Crippen molar-refractivity contribution in [2.24, 2.45) is 0 Å². The van der Waals surface area contributed by atoms with Gasteiger partial charge in [-0.2, -0.15) is 0 Å². The van der Waals surface area contributed by atoms with E-state index < -0.39 is 34.6 Å². The molecule has 0 N–H and O–H groups in total. The predicted molar refractivity (Wildman–Crippen MR) is 219 cm³/mol. The maximum absolute atomic E-state index is 14.7. The lowest BCUT2D eigenvalue weighted by atomic mass is 9.98. The molecule has 0 spiro atoms. The van der Waals surface area contributed by atoms with E-state index in [2.05, 4.69) is 42.5 Å². The number of nitrogens with zero attached hydrogens (tertiary/aromatic N) is 3. The van der Waals surface area contributed by atoms with Crippen LogP contribution in [0.4, 0.5) is 22.0 Å². The first-order valence-corrected chi connectivity index (χ1v) is 18.5. The summed E-state index contributed by atoms with van der Waals surface area (Å²) in [7, 11) is 0. The first kappa shape index (κ1) is 34.5. The van der Waals surface area contributed by atoms with E-state index in [-0.39, 0.29) is 11.4 Å². The third kappa shape index (κ3) is 5.63. The van der Waals surface area contributed by atoms with Crippen LogP contribution in [0, 0.1) is 29.1 Å². The van der Waals surface area contributed by atoms with Gasteiger partial charge in [-0.05, 0) is 82.1 Å². The molecule has 0 aliphatic carbocycles. The molecule has 0 amide bonds. The van der Waals surface area contributed by atoms with E-state index in [4.69, 9.17) is 23.8 Å². The van der Waals surface area contributed by atoms with Crippen molar-refractivity contribution in [3.8, 4) is 56.4 Å². The van der Waals surface area contributed by atoms with Crippen molar-refractivity contribution in [1.82, 2.24) is 15.0 Å². The summed E-state index contributed by atoms with van der Waals surface area (Å²) >= 11 is 0. The summed E-state index contributed by atoms with van der Waals surface area (Å²) in [5, 5.41) is 6.05. The summed E-state index contributed by atoms with van der Waals surface area (Å²) in [6.07, 6.45) is 0. The summed E-state index contributed by atoms with van der Waals surface area (Å²) in [5.74, 6) is -9.15. The number of furan rings is 2. The molecule has 11 aromatic rings. The quantitative estimate of drug-likeness (QED) is 0.0988. The fourth-order valence-corrected chi connectivity index (χ4v) is 7.74. The molecule has 3 aromatic heterocycles. The van der Waals surface area contributed by atoms with Crippen molar-refractivity contribution in [3.63, 3.8) is 0 Å². The highest BCUT2D eigenvalue weighted by Crippen LogP contribution is 2.38. The van der Waals surface area contributed by atoms with Crippen molar-refractivity contribution >= 4 is 54.6 Å². The number of fused-ring (bicyclic) bond motifs is 7. The van der Waals surface area contributed by atoms with Gasteiger partial charge in [-0.1, -0.05) is 91.0 Å². The molecular formula is C49H24F5N3O2. The van der Waals surface area contributed by atoms with Crippen LogP contribution in [0.2, 0.25) is 0 Å². The lowest BCUT2D eigenvalue weighted by Gasteiger charge is -2.10. The molecule has 0 aliphatic rings. The van der Waals surface area contributed by atoms with Crippen LogP contribution in [0.15, 0.2) is 154 Å². The van der Waals surface area contributed by atoms with Crippen molar-refractivity contribution < 1.29 is 30.8 Å². The van der Waals surface area contributed by atoms with E-state index in [1.54, 1.807) is 0 Å². The van der Waals surface area contributed by atoms with E-state index in [1.807, 2.05) is 78.9 Å². The zero-order chi connectivity index (χ0) is 39.9. The van der Waals surface area contributed by atoms with Crippen molar-refractivity contribution in [2.75, 3.05) is 0 Å². The molecule has 0 unspecified atom stereocenters. The van der Waals surface area contributed by atoms with Gasteiger partial charge in [-0.3, -0.25) is 0 Å². The monoisotopic (exact) mass is 781 g/mol. The Balaban J connectivity index is 1.00. The van der Waals surface area contributed by atoms with E-state index in [9.17, 15) is 22.0 Å². The lowest BCUT2D eigenvalue weighted by molar-refractivity contribution is 0.381.